The Bertz CT molecular complexity index is 517. The fourth-order valence-electron chi connectivity index (χ4n) is 1.46. The Labute approximate surface area is 112 Å². The van der Waals surface area contributed by atoms with Crippen LogP contribution in [0.3, 0.4) is 0 Å². The standard InChI is InChI=1S/C11H12F3N3O3/c1-15-8-3-2-7(6-9(8)17(19)20)10(18)16-5-4-11(12,13)14/h2-3,6,15H,4-5H2,1H3,(H,16,18). The number of amides is 1. The molecule has 20 heavy (non-hydrogen) atoms. The zero-order valence-electron chi connectivity index (χ0n) is 10.5. The fourth-order valence-corrected chi connectivity index (χ4v) is 1.46. The predicted octanol–water partition coefficient (Wildman–Crippen LogP) is 2.32. The summed E-state index contributed by atoms with van der Waals surface area (Å²) in [5, 5.41) is 15.4. The van der Waals surface area contributed by atoms with Crippen LogP contribution in [0, 0.1) is 10.1 Å². The lowest BCUT2D eigenvalue weighted by Crippen LogP contribution is -2.27. The fraction of sp³-hybridized carbons (Fsp3) is 0.364. The van der Waals surface area contributed by atoms with E-state index in [1.165, 1.54) is 19.2 Å². The monoisotopic (exact) mass is 291 g/mol. The number of benzene rings is 1. The van der Waals surface area contributed by atoms with Crippen molar-refractivity contribution in [3.05, 3.63) is 33.9 Å². The number of alkyl halides is 3. The smallest absolute Gasteiger partial charge is 0.383 e. The maximum absolute atomic E-state index is 11.9. The SMILES string of the molecule is CNc1ccc(C(=O)NCCC(F)(F)F)cc1[N+](=O)[O-]. The van der Waals surface area contributed by atoms with Crippen LogP contribution in [0.1, 0.15) is 16.8 Å². The molecule has 0 aromatic heterocycles. The van der Waals surface area contributed by atoms with Gasteiger partial charge in [-0.25, -0.2) is 0 Å². The summed E-state index contributed by atoms with van der Waals surface area (Å²) >= 11 is 0. The normalized spacial score (nSPS) is 11.0. The first-order valence-electron chi connectivity index (χ1n) is 5.55. The second kappa shape index (κ2) is 6.22. The molecule has 0 atom stereocenters. The summed E-state index contributed by atoms with van der Waals surface area (Å²) in [6.07, 6.45) is -5.52. The van der Waals surface area contributed by atoms with Crippen LogP contribution in [0.2, 0.25) is 0 Å². The van der Waals surface area contributed by atoms with Crippen molar-refractivity contribution in [2.45, 2.75) is 12.6 Å². The summed E-state index contributed by atoms with van der Waals surface area (Å²) in [6, 6.07) is 3.62. The van der Waals surface area contributed by atoms with Gasteiger partial charge in [0.25, 0.3) is 11.6 Å². The number of anilines is 1. The van der Waals surface area contributed by atoms with E-state index < -0.39 is 30.0 Å². The second-order valence-electron chi connectivity index (χ2n) is 3.86. The molecular formula is C11H12F3N3O3. The van der Waals surface area contributed by atoms with E-state index in [4.69, 9.17) is 0 Å². The molecule has 0 spiro atoms. The zero-order valence-corrected chi connectivity index (χ0v) is 10.5. The molecule has 2 N–H and O–H groups in total. The molecule has 0 radical (unpaired) electrons. The summed E-state index contributed by atoms with van der Waals surface area (Å²) < 4.78 is 35.8. The first-order valence-corrected chi connectivity index (χ1v) is 5.55. The van der Waals surface area contributed by atoms with Crippen molar-refractivity contribution >= 4 is 17.3 Å². The Morgan fingerprint density at radius 2 is 2.05 bits per heavy atom. The lowest BCUT2D eigenvalue weighted by molar-refractivity contribution is -0.384. The highest BCUT2D eigenvalue weighted by molar-refractivity contribution is 5.95. The summed E-state index contributed by atoms with van der Waals surface area (Å²) in [5.74, 6) is -0.792. The first-order chi connectivity index (χ1) is 9.24. The van der Waals surface area contributed by atoms with E-state index in [9.17, 15) is 28.1 Å². The minimum Gasteiger partial charge on any atom is -0.383 e. The number of rotatable bonds is 5. The third-order valence-corrected chi connectivity index (χ3v) is 2.42. The molecule has 0 aliphatic rings. The number of nitrogens with one attached hydrogen (secondary N) is 2. The minimum atomic E-state index is -4.37. The Morgan fingerprint density at radius 1 is 1.40 bits per heavy atom. The molecule has 0 saturated carbocycles. The van der Waals surface area contributed by atoms with E-state index >= 15 is 0 Å². The van der Waals surface area contributed by atoms with Crippen LogP contribution in [-0.4, -0.2) is 30.6 Å². The summed E-state index contributed by atoms with van der Waals surface area (Å²) in [7, 11) is 1.48. The molecule has 6 nitrogen and oxygen atoms in total. The Balaban J connectivity index is 2.79. The van der Waals surface area contributed by atoms with Crippen molar-refractivity contribution in [2.24, 2.45) is 0 Å². The van der Waals surface area contributed by atoms with Crippen LogP contribution in [0.4, 0.5) is 24.5 Å². The molecule has 0 bridgehead atoms. The third kappa shape index (κ3) is 4.41. The van der Waals surface area contributed by atoms with Gasteiger partial charge in [0.05, 0.1) is 11.3 Å². The van der Waals surface area contributed by atoms with Gasteiger partial charge < -0.3 is 10.6 Å². The van der Waals surface area contributed by atoms with Crippen molar-refractivity contribution < 1.29 is 22.9 Å². The maximum atomic E-state index is 11.9. The Morgan fingerprint density at radius 3 is 2.55 bits per heavy atom. The van der Waals surface area contributed by atoms with Gasteiger partial charge in [0.15, 0.2) is 0 Å². The minimum absolute atomic E-state index is 0.0714. The zero-order chi connectivity index (χ0) is 15.3. The lowest BCUT2D eigenvalue weighted by atomic mass is 10.1. The molecule has 0 aliphatic carbocycles. The number of hydrogen-bond donors (Lipinski definition) is 2. The quantitative estimate of drug-likeness (QED) is 0.644. The lowest BCUT2D eigenvalue weighted by Gasteiger charge is -2.08. The van der Waals surface area contributed by atoms with Gasteiger partial charge in [0.2, 0.25) is 0 Å². The van der Waals surface area contributed by atoms with Crippen LogP contribution in [0.15, 0.2) is 18.2 Å². The van der Waals surface area contributed by atoms with Crippen LogP contribution in [-0.2, 0) is 0 Å². The molecule has 1 rings (SSSR count). The van der Waals surface area contributed by atoms with E-state index in [-0.39, 0.29) is 16.9 Å². The van der Waals surface area contributed by atoms with Crippen molar-refractivity contribution in [1.29, 1.82) is 0 Å². The van der Waals surface area contributed by atoms with Gasteiger partial charge in [-0.05, 0) is 12.1 Å². The van der Waals surface area contributed by atoms with E-state index in [2.05, 4.69) is 10.6 Å². The van der Waals surface area contributed by atoms with Gasteiger partial charge in [0.1, 0.15) is 5.69 Å². The number of nitro groups is 1. The molecule has 9 heteroatoms. The highest BCUT2D eigenvalue weighted by Gasteiger charge is 2.26. The van der Waals surface area contributed by atoms with Crippen LogP contribution < -0.4 is 10.6 Å². The molecule has 1 aromatic carbocycles. The van der Waals surface area contributed by atoms with Crippen LogP contribution in [0.25, 0.3) is 0 Å². The first kappa shape index (κ1) is 15.7. The number of halogens is 3. The highest BCUT2D eigenvalue weighted by Crippen LogP contribution is 2.25. The van der Waals surface area contributed by atoms with E-state index in [1.54, 1.807) is 0 Å². The van der Waals surface area contributed by atoms with Gasteiger partial charge in [-0.2, -0.15) is 13.2 Å². The molecule has 0 saturated heterocycles. The second-order valence-corrected chi connectivity index (χ2v) is 3.86. The number of nitrogens with zero attached hydrogens (tertiary/aromatic N) is 1. The largest absolute Gasteiger partial charge is 0.390 e. The van der Waals surface area contributed by atoms with Crippen molar-refractivity contribution in [2.75, 3.05) is 18.9 Å². The van der Waals surface area contributed by atoms with E-state index in [0.29, 0.717) is 0 Å². The predicted molar refractivity (Wildman–Crippen MR) is 65.6 cm³/mol. The Kier molecular flexibility index (Phi) is 4.89. The molecule has 0 heterocycles. The summed E-state index contributed by atoms with van der Waals surface area (Å²) in [5.41, 5.74) is -0.185. The van der Waals surface area contributed by atoms with Gasteiger partial charge in [-0.15, -0.1) is 0 Å². The van der Waals surface area contributed by atoms with Gasteiger partial charge in [-0.1, -0.05) is 0 Å². The van der Waals surface area contributed by atoms with Crippen molar-refractivity contribution in [3.63, 3.8) is 0 Å². The van der Waals surface area contributed by atoms with Crippen LogP contribution >= 0.6 is 0 Å². The molecule has 1 amide bonds. The molecule has 110 valence electrons. The number of nitro benzene ring substituents is 1. The van der Waals surface area contributed by atoms with Crippen molar-refractivity contribution in [3.8, 4) is 0 Å². The van der Waals surface area contributed by atoms with Gasteiger partial charge >= 0.3 is 6.18 Å². The molecule has 1 aromatic rings. The topological polar surface area (TPSA) is 84.3 Å². The third-order valence-electron chi connectivity index (χ3n) is 2.42. The number of hydrogen-bond acceptors (Lipinski definition) is 4. The van der Waals surface area contributed by atoms with Gasteiger partial charge in [0, 0.05) is 25.2 Å². The average Bonchev–Trinajstić information content (AvgIpc) is 2.36. The van der Waals surface area contributed by atoms with E-state index in [0.717, 1.165) is 6.07 Å². The van der Waals surface area contributed by atoms with E-state index in [1.807, 2.05) is 0 Å². The molecule has 0 aliphatic heterocycles. The summed E-state index contributed by atoms with van der Waals surface area (Å²) in [6.45, 7) is -0.579. The summed E-state index contributed by atoms with van der Waals surface area (Å²) in [4.78, 5) is 21.7. The Hall–Kier alpha value is -2.32. The van der Waals surface area contributed by atoms with Crippen molar-refractivity contribution in [1.82, 2.24) is 5.32 Å². The highest BCUT2D eigenvalue weighted by atomic mass is 19.4. The maximum Gasteiger partial charge on any atom is 0.390 e. The number of carbonyl (C=O) groups excluding carboxylic acids is 1. The van der Waals surface area contributed by atoms with Gasteiger partial charge in [-0.3, -0.25) is 14.9 Å². The average molecular weight is 291 g/mol. The number of carbonyl (C=O) groups is 1. The molecule has 0 unspecified atom stereocenters. The van der Waals surface area contributed by atoms with Crippen LogP contribution in [0.5, 0.6) is 0 Å². The molecular weight excluding hydrogens is 279 g/mol. The molecule has 0 fully saturated rings.